The molecule has 6 heteroatoms. The van der Waals surface area contributed by atoms with Crippen LogP contribution < -0.4 is 31.1 Å². The number of pyridine rings is 2. The first-order valence-electron chi connectivity index (χ1n) is 19.7. The summed E-state index contributed by atoms with van der Waals surface area (Å²) in [7, 11) is 0. The van der Waals surface area contributed by atoms with E-state index in [1.807, 2.05) is 36.7 Å². The standard InChI is InChI=1S/C52H36BN5/c1-4-17-39(18-5-1)56(40-19-6-2-7-20-40)42-29-30-45-51(36-42)57(41-21-8-3-9-22-41)49-27-16-28-50-52(49)53(45)44-23-10-11-26-48(44)58(50)43-34-37(46-24-12-14-31-54-46)33-38(35-43)47-25-13-15-32-55-47/h1-36H. The lowest BCUT2D eigenvalue weighted by Crippen LogP contribution is -2.61. The molecular weight excluding hydrogens is 705 g/mol. The molecular formula is C52H36BN5. The summed E-state index contributed by atoms with van der Waals surface area (Å²) >= 11 is 0. The van der Waals surface area contributed by atoms with Crippen molar-refractivity contribution in [3.63, 3.8) is 0 Å². The van der Waals surface area contributed by atoms with Crippen LogP contribution in [0.15, 0.2) is 219 Å². The quantitative estimate of drug-likeness (QED) is 0.152. The average molecular weight is 742 g/mol. The van der Waals surface area contributed by atoms with Crippen LogP contribution in [-0.2, 0) is 0 Å². The third-order valence-corrected chi connectivity index (χ3v) is 11.3. The van der Waals surface area contributed by atoms with Crippen LogP contribution in [0.4, 0.5) is 51.2 Å². The van der Waals surface area contributed by atoms with E-state index in [1.54, 1.807) is 0 Å². The zero-order valence-electron chi connectivity index (χ0n) is 31.6. The van der Waals surface area contributed by atoms with E-state index < -0.39 is 0 Å². The van der Waals surface area contributed by atoms with Crippen LogP contribution in [-0.4, -0.2) is 16.7 Å². The summed E-state index contributed by atoms with van der Waals surface area (Å²) < 4.78 is 0. The normalized spacial score (nSPS) is 12.4. The molecule has 0 N–H and O–H groups in total. The molecule has 272 valence electrons. The van der Waals surface area contributed by atoms with Crippen LogP contribution >= 0.6 is 0 Å². The molecule has 2 aliphatic heterocycles. The van der Waals surface area contributed by atoms with E-state index in [0.717, 1.165) is 73.7 Å². The van der Waals surface area contributed by atoms with Crippen molar-refractivity contribution in [1.82, 2.24) is 9.97 Å². The first-order chi connectivity index (χ1) is 28.8. The summed E-state index contributed by atoms with van der Waals surface area (Å²) in [4.78, 5) is 16.8. The fourth-order valence-corrected chi connectivity index (χ4v) is 8.85. The van der Waals surface area contributed by atoms with Crippen molar-refractivity contribution in [3.8, 4) is 22.5 Å². The molecule has 0 spiro atoms. The Kier molecular flexibility index (Phi) is 8.18. The third kappa shape index (κ3) is 5.65. The molecule has 2 aliphatic rings. The summed E-state index contributed by atoms with van der Waals surface area (Å²) in [5, 5.41) is 0. The van der Waals surface area contributed by atoms with Crippen molar-refractivity contribution < 1.29 is 0 Å². The lowest BCUT2D eigenvalue weighted by Gasteiger charge is -2.44. The molecule has 2 aromatic heterocycles. The lowest BCUT2D eigenvalue weighted by molar-refractivity contribution is 1.24. The van der Waals surface area contributed by atoms with Crippen molar-refractivity contribution in [2.45, 2.75) is 0 Å². The van der Waals surface area contributed by atoms with E-state index in [4.69, 9.17) is 9.97 Å². The van der Waals surface area contributed by atoms with E-state index in [2.05, 4.69) is 197 Å². The second kappa shape index (κ2) is 14.1. The van der Waals surface area contributed by atoms with Gasteiger partial charge in [-0.25, -0.2) is 0 Å². The van der Waals surface area contributed by atoms with Gasteiger partial charge in [-0.05, 0) is 126 Å². The highest BCUT2D eigenvalue weighted by atomic mass is 15.2. The van der Waals surface area contributed by atoms with Crippen molar-refractivity contribution >= 4 is 74.3 Å². The molecule has 4 heterocycles. The Morgan fingerprint density at radius 2 is 0.879 bits per heavy atom. The molecule has 9 aromatic rings. The predicted molar refractivity (Wildman–Crippen MR) is 242 cm³/mol. The Hall–Kier alpha value is -7.70. The first kappa shape index (κ1) is 33.6. The van der Waals surface area contributed by atoms with Gasteiger partial charge in [-0.15, -0.1) is 0 Å². The molecule has 0 fully saturated rings. The second-order valence-corrected chi connectivity index (χ2v) is 14.7. The van der Waals surface area contributed by atoms with Crippen LogP contribution in [0.1, 0.15) is 0 Å². The van der Waals surface area contributed by atoms with Gasteiger partial charge in [-0.3, -0.25) is 9.97 Å². The number of benzene rings is 7. The summed E-state index contributed by atoms with van der Waals surface area (Å²) in [6.07, 6.45) is 3.72. The zero-order chi connectivity index (χ0) is 38.4. The summed E-state index contributed by atoms with van der Waals surface area (Å²) in [5.74, 6) is 0. The monoisotopic (exact) mass is 741 g/mol. The number of nitrogens with zero attached hydrogens (tertiary/aromatic N) is 5. The van der Waals surface area contributed by atoms with Gasteiger partial charge in [-0.2, -0.15) is 0 Å². The van der Waals surface area contributed by atoms with Crippen LogP contribution in [0.5, 0.6) is 0 Å². The van der Waals surface area contributed by atoms with Crippen molar-refractivity contribution in [3.05, 3.63) is 219 Å². The minimum atomic E-state index is -0.00111. The van der Waals surface area contributed by atoms with Crippen LogP contribution in [0, 0.1) is 0 Å². The van der Waals surface area contributed by atoms with Gasteiger partial charge in [0.25, 0.3) is 6.71 Å². The number of aromatic nitrogens is 2. The van der Waals surface area contributed by atoms with E-state index in [-0.39, 0.29) is 6.71 Å². The number of hydrogen-bond donors (Lipinski definition) is 0. The highest BCUT2D eigenvalue weighted by molar-refractivity contribution is 7.00. The fourth-order valence-electron chi connectivity index (χ4n) is 8.85. The zero-order valence-corrected chi connectivity index (χ0v) is 31.6. The molecule has 0 saturated heterocycles. The lowest BCUT2D eigenvalue weighted by atomic mass is 9.33. The molecule has 0 radical (unpaired) electrons. The third-order valence-electron chi connectivity index (χ3n) is 11.3. The highest BCUT2D eigenvalue weighted by Crippen LogP contribution is 2.46. The first-order valence-corrected chi connectivity index (χ1v) is 19.7. The maximum atomic E-state index is 4.78. The van der Waals surface area contributed by atoms with Gasteiger partial charge in [0.2, 0.25) is 0 Å². The van der Waals surface area contributed by atoms with E-state index in [1.165, 1.54) is 16.4 Å². The largest absolute Gasteiger partial charge is 0.311 e. The van der Waals surface area contributed by atoms with Crippen LogP contribution in [0.3, 0.4) is 0 Å². The molecule has 11 rings (SSSR count). The van der Waals surface area contributed by atoms with Crippen molar-refractivity contribution in [2.75, 3.05) is 14.7 Å². The molecule has 58 heavy (non-hydrogen) atoms. The molecule has 0 atom stereocenters. The molecule has 0 saturated carbocycles. The molecule has 7 aromatic carbocycles. The van der Waals surface area contributed by atoms with Crippen LogP contribution in [0.2, 0.25) is 0 Å². The summed E-state index contributed by atoms with van der Waals surface area (Å²) in [6.45, 7) is -0.00111. The number of anilines is 9. The molecule has 0 amide bonds. The molecule has 0 aliphatic carbocycles. The highest BCUT2D eigenvalue weighted by Gasteiger charge is 2.43. The van der Waals surface area contributed by atoms with Gasteiger partial charge in [-0.1, -0.05) is 97.1 Å². The van der Waals surface area contributed by atoms with Gasteiger partial charge in [0.15, 0.2) is 0 Å². The topological polar surface area (TPSA) is 35.5 Å². The Balaban J connectivity index is 1.15. The Morgan fingerprint density at radius 3 is 1.48 bits per heavy atom. The van der Waals surface area contributed by atoms with Gasteiger partial charge < -0.3 is 14.7 Å². The molecule has 0 bridgehead atoms. The minimum absolute atomic E-state index is 0.00111. The fraction of sp³-hybridized carbons (Fsp3) is 0. The smallest absolute Gasteiger partial charge is 0.252 e. The van der Waals surface area contributed by atoms with E-state index in [9.17, 15) is 0 Å². The number of fused-ring (bicyclic) bond motifs is 4. The predicted octanol–water partition coefficient (Wildman–Crippen LogP) is 11.4. The SMILES string of the molecule is c1ccc(N(c2ccccc2)c2ccc3c(c2)N(c2ccccc2)c2cccc4c2B3c2ccccc2N4c2cc(-c3ccccn3)cc(-c3ccccn3)c2)cc1. The number of para-hydroxylation sites is 4. The summed E-state index contributed by atoms with van der Waals surface area (Å²) in [6, 6.07) is 73.7. The Morgan fingerprint density at radius 1 is 0.362 bits per heavy atom. The average Bonchev–Trinajstić information content (AvgIpc) is 3.30. The van der Waals surface area contributed by atoms with Crippen LogP contribution in [0.25, 0.3) is 22.5 Å². The number of hydrogen-bond acceptors (Lipinski definition) is 5. The van der Waals surface area contributed by atoms with Crippen molar-refractivity contribution in [1.29, 1.82) is 0 Å². The second-order valence-electron chi connectivity index (χ2n) is 14.7. The molecule has 5 nitrogen and oxygen atoms in total. The van der Waals surface area contributed by atoms with Gasteiger partial charge in [0.05, 0.1) is 11.4 Å². The minimum Gasteiger partial charge on any atom is -0.311 e. The number of rotatable bonds is 7. The van der Waals surface area contributed by atoms with E-state index in [0.29, 0.717) is 0 Å². The molecule has 0 unspecified atom stereocenters. The van der Waals surface area contributed by atoms with Crippen molar-refractivity contribution in [2.24, 2.45) is 0 Å². The van der Waals surface area contributed by atoms with Gasteiger partial charge >= 0.3 is 0 Å². The van der Waals surface area contributed by atoms with E-state index >= 15 is 0 Å². The van der Waals surface area contributed by atoms with Gasteiger partial charge in [0, 0.05) is 74.7 Å². The maximum absolute atomic E-state index is 4.78. The maximum Gasteiger partial charge on any atom is 0.252 e. The summed E-state index contributed by atoms with van der Waals surface area (Å²) in [5.41, 5.74) is 17.8. The Labute approximate surface area is 338 Å². The Bertz CT molecular complexity index is 2810. The van der Waals surface area contributed by atoms with Gasteiger partial charge in [0.1, 0.15) is 0 Å².